The van der Waals surface area contributed by atoms with Gasteiger partial charge in [-0.15, -0.1) is 10.2 Å². The monoisotopic (exact) mass is 417 g/mol. The van der Waals surface area contributed by atoms with Crippen LogP contribution in [0.25, 0.3) is 11.4 Å². The minimum atomic E-state index is -0.432. The molecule has 3 N–H and O–H groups in total. The van der Waals surface area contributed by atoms with Crippen molar-refractivity contribution in [2.24, 2.45) is 0 Å². The molecule has 3 aromatic rings. The van der Waals surface area contributed by atoms with Gasteiger partial charge in [-0.25, -0.2) is 4.68 Å². The van der Waals surface area contributed by atoms with Gasteiger partial charge in [0.05, 0.1) is 11.9 Å². The second kappa shape index (κ2) is 8.99. The highest BCUT2D eigenvalue weighted by atomic mass is 35.5. The lowest BCUT2D eigenvalue weighted by Gasteiger charge is -2.12. The fourth-order valence-corrected chi connectivity index (χ4v) is 3.40. The maximum atomic E-state index is 12.4. The van der Waals surface area contributed by atoms with Crippen molar-refractivity contribution in [2.75, 3.05) is 17.8 Å². The van der Waals surface area contributed by atoms with E-state index < -0.39 is 5.25 Å². The van der Waals surface area contributed by atoms with Gasteiger partial charge in [-0.05, 0) is 56.3 Å². The first-order valence-corrected chi connectivity index (χ1v) is 9.90. The Balaban J connectivity index is 1.68. The average molecular weight is 418 g/mol. The van der Waals surface area contributed by atoms with Crippen LogP contribution >= 0.6 is 23.4 Å². The molecule has 1 heterocycles. The minimum Gasteiger partial charge on any atom is -0.494 e. The van der Waals surface area contributed by atoms with Crippen molar-refractivity contribution in [2.45, 2.75) is 24.3 Å². The molecule has 0 aliphatic carbocycles. The lowest BCUT2D eigenvalue weighted by atomic mass is 10.2. The summed E-state index contributed by atoms with van der Waals surface area (Å²) in [5.74, 6) is 7.24. The SMILES string of the molecule is CCOc1ccc(-c2nnc(S[C@@H](C)C(=O)Nc3cccc(Cl)c3)n2N)cc1. The Morgan fingerprint density at radius 2 is 2.04 bits per heavy atom. The van der Waals surface area contributed by atoms with Crippen LogP contribution in [-0.2, 0) is 4.79 Å². The number of amides is 1. The number of carbonyl (C=O) groups is 1. The molecule has 7 nitrogen and oxygen atoms in total. The van der Waals surface area contributed by atoms with Crippen LogP contribution in [0.15, 0.2) is 53.7 Å². The largest absolute Gasteiger partial charge is 0.494 e. The molecular weight excluding hydrogens is 398 g/mol. The number of rotatable bonds is 7. The van der Waals surface area contributed by atoms with Crippen LogP contribution in [0.3, 0.4) is 0 Å². The Kier molecular flexibility index (Phi) is 6.43. The van der Waals surface area contributed by atoms with Gasteiger partial charge in [0, 0.05) is 16.3 Å². The molecule has 1 aromatic heterocycles. The van der Waals surface area contributed by atoms with Gasteiger partial charge >= 0.3 is 0 Å². The predicted molar refractivity (Wildman–Crippen MR) is 112 cm³/mol. The molecule has 9 heteroatoms. The molecule has 0 aliphatic heterocycles. The Bertz CT molecular complexity index is 961. The van der Waals surface area contributed by atoms with Crippen LogP contribution in [0.2, 0.25) is 5.02 Å². The van der Waals surface area contributed by atoms with E-state index in [2.05, 4.69) is 15.5 Å². The predicted octanol–water partition coefficient (Wildman–Crippen LogP) is 3.83. The van der Waals surface area contributed by atoms with Crippen molar-refractivity contribution in [1.29, 1.82) is 0 Å². The molecule has 0 spiro atoms. The number of nitrogens with zero attached hydrogens (tertiary/aromatic N) is 3. The maximum absolute atomic E-state index is 12.4. The molecule has 0 unspecified atom stereocenters. The molecule has 146 valence electrons. The van der Waals surface area contributed by atoms with E-state index in [0.29, 0.717) is 28.3 Å². The number of nitrogens with one attached hydrogen (secondary N) is 1. The summed E-state index contributed by atoms with van der Waals surface area (Å²) >= 11 is 7.17. The third kappa shape index (κ3) is 4.76. The molecule has 0 aliphatic rings. The Labute approximate surface area is 172 Å². The number of halogens is 1. The summed E-state index contributed by atoms with van der Waals surface area (Å²) in [5, 5.41) is 11.6. The second-order valence-corrected chi connectivity index (χ2v) is 7.64. The summed E-state index contributed by atoms with van der Waals surface area (Å²) in [6.07, 6.45) is 0. The summed E-state index contributed by atoms with van der Waals surface area (Å²) in [6.45, 7) is 4.30. The van der Waals surface area contributed by atoms with E-state index in [1.807, 2.05) is 31.2 Å². The van der Waals surface area contributed by atoms with Gasteiger partial charge in [0.25, 0.3) is 0 Å². The van der Waals surface area contributed by atoms with Gasteiger partial charge in [-0.3, -0.25) is 4.79 Å². The molecule has 0 saturated heterocycles. The molecule has 28 heavy (non-hydrogen) atoms. The van der Waals surface area contributed by atoms with Crippen LogP contribution in [0.4, 0.5) is 5.69 Å². The Morgan fingerprint density at radius 3 is 2.71 bits per heavy atom. The Hall–Kier alpha value is -2.71. The smallest absolute Gasteiger partial charge is 0.237 e. The van der Waals surface area contributed by atoms with Crippen LogP contribution in [-0.4, -0.2) is 32.6 Å². The maximum Gasteiger partial charge on any atom is 0.237 e. The first-order valence-electron chi connectivity index (χ1n) is 8.64. The highest BCUT2D eigenvalue weighted by molar-refractivity contribution is 8.00. The fraction of sp³-hybridized carbons (Fsp3) is 0.211. The number of ether oxygens (including phenoxy) is 1. The van der Waals surface area contributed by atoms with Crippen molar-refractivity contribution in [3.05, 3.63) is 53.6 Å². The third-order valence-corrected chi connectivity index (χ3v) is 5.12. The van der Waals surface area contributed by atoms with Crippen LogP contribution in [0.1, 0.15) is 13.8 Å². The average Bonchev–Trinajstić information content (AvgIpc) is 3.03. The van der Waals surface area contributed by atoms with E-state index in [-0.39, 0.29) is 5.91 Å². The number of hydrogen-bond donors (Lipinski definition) is 2. The number of nitrogen functional groups attached to an aromatic ring is 1. The van der Waals surface area contributed by atoms with Crippen molar-refractivity contribution in [3.63, 3.8) is 0 Å². The Morgan fingerprint density at radius 1 is 1.29 bits per heavy atom. The molecular formula is C19H20ClN5O2S. The number of aromatic nitrogens is 3. The van der Waals surface area contributed by atoms with Crippen molar-refractivity contribution in [1.82, 2.24) is 14.9 Å². The molecule has 0 saturated carbocycles. The minimum absolute atomic E-state index is 0.183. The van der Waals surface area contributed by atoms with E-state index in [9.17, 15) is 4.79 Å². The van der Waals surface area contributed by atoms with Crippen molar-refractivity contribution < 1.29 is 9.53 Å². The summed E-state index contributed by atoms with van der Waals surface area (Å²) in [4.78, 5) is 12.4. The summed E-state index contributed by atoms with van der Waals surface area (Å²) in [5.41, 5.74) is 1.44. The number of anilines is 1. The molecule has 2 aromatic carbocycles. The first kappa shape index (κ1) is 20.0. The lowest BCUT2D eigenvalue weighted by Crippen LogP contribution is -2.23. The standard InChI is InChI=1S/C19H20ClN5O2S/c1-3-27-16-9-7-13(8-10-16)17-23-24-19(25(17)21)28-12(2)18(26)22-15-6-4-5-14(20)11-15/h4-12H,3,21H2,1-2H3,(H,22,26)/t12-/m0/s1. The number of hydrogen-bond acceptors (Lipinski definition) is 6. The lowest BCUT2D eigenvalue weighted by molar-refractivity contribution is -0.115. The number of thioether (sulfide) groups is 1. The van der Waals surface area contributed by atoms with Gasteiger partial charge in [-0.2, -0.15) is 0 Å². The number of nitrogens with two attached hydrogens (primary N) is 1. The zero-order chi connectivity index (χ0) is 20.1. The van der Waals surface area contributed by atoms with Gasteiger partial charge in [0.2, 0.25) is 11.1 Å². The number of carbonyl (C=O) groups excluding carboxylic acids is 1. The molecule has 1 atom stereocenters. The van der Waals surface area contributed by atoms with E-state index in [0.717, 1.165) is 11.3 Å². The van der Waals surface area contributed by atoms with Crippen LogP contribution < -0.4 is 15.9 Å². The van der Waals surface area contributed by atoms with Crippen LogP contribution in [0.5, 0.6) is 5.75 Å². The van der Waals surface area contributed by atoms with E-state index in [1.165, 1.54) is 16.4 Å². The topological polar surface area (TPSA) is 95.1 Å². The van der Waals surface area contributed by atoms with Gasteiger partial charge in [0.15, 0.2) is 5.82 Å². The molecule has 3 rings (SSSR count). The van der Waals surface area contributed by atoms with Crippen molar-refractivity contribution >= 4 is 35.0 Å². The fourth-order valence-electron chi connectivity index (χ4n) is 2.44. The second-order valence-electron chi connectivity index (χ2n) is 5.89. The van der Waals surface area contributed by atoms with E-state index >= 15 is 0 Å². The molecule has 1 amide bonds. The van der Waals surface area contributed by atoms with Gasteiger partial charge in [0.1, 0.15) is 5.75 Å². The normalized spacial score (nSPS) is 11.8. The zero-order valence-electron chi connectivity index (χ0n) is 15.4. The number of benzene rings is 2. The van der Waals surface area contributed by atoms with Crippen LogP contribution in [0, 0.1) is 0 Å². The van der Waals surface area contributed by atoms with Crippen molar-refractivity contribution in [3.8, 4) is 17.1 Å². The molecule has 0 bridgehead atoms. The molecule has 0 fully saturated rings. The van der Waals surface area contributed by atoms with E-state index in [4.69, 9.17) is 22.2 Å². The van der Waals surface area contributed by atoms with Gasteiger partial charge in [-0.1, -0.05) is 29.4 Å². The van der Waals surface area contributed by atoms with Gasteiger partial charge < -0.3 is 15.9 Å². The summed E-state index contributed by atoms with van der Waals surface area (Å²) in [7, 11) is 0. The molecule has 0 radical (unpaired) electrons. The zero-order valence-corrected chi connectivity index (χ0v) is 17.0. The highest BCUT2D eigenvalue weighted by Crippen LogP contribution is 2.26. The highest BCUT2D eigenvalue weighted by Gasteiger charge is 2.20. The third-order valence-electron chi connectivity index (χ3n) is 3.83. The summed E-state index contributed by atoms with van der Waals surface area (Å²) in [6, 6.07) is 14.4. The summed E-state index contributed by atoms with van der Waals surface area (Å²) < 4.78 is 6.81. The van der Waals surface area contributed by atoms with E-state index in [1.54, 1.807) is 31.2 Å². The first-order chi connectivity index (χ1) is 13.5. The quantitative estimate of drug-likeness (QED) is 0.448.